The van der Waals surface area contributed by atoms with Crippen molar-refractivity contribution in [3.8, 4) is 5.69 Å². The fourth-order valence-electron chi connectivity index (χ4n) is 2.90. The first kappa shape index (κ1) is 21.2. The van der Waals surface area contributed by atoms with E-state index in [1.807, 2.05) is 36.4 Å². The van der Waals surface area contributed by atoms with E-state index >= 15 is 0 Å². The van der Waals surface area contributed by atoms with Crippen LogP contribution in [-0.4, -0.2) is 41.1 Å². The van der Waals surface area contributed by atoms with Crippen LogP contribution in [0.5, 0.6) is 0 Å². The number of rotatable bonds is 4. The van der Waals surface area contributed by atoms with Gasteiger partial charge >= 0.3 is 6.03 Å². The molecule has 27 heavy (non-hydrogen) atoms. The highest BCUT2D eigenvalue weighted by Crippen LogP contribution is 2.26. The SMILES string of the molecule is CC(C)(C)c1cc(NC(=O)NC[C@@H]2C[C@H](F)CN2)n(-c2ccccc2)n1.Cl. The molecule has 0 saturated carbocycles. The first-order chi connectivity index (χ1) is 12.3. The quantitative estimate of drug-likeness (QED) is 0.742. The number of alkyl halides is 1. The minimum Gasteiger partial charge on any atom is -0.336 e. The zero-order valence-corrected chi connectivity index (χ0v) is 16.6. The van der Waals surface area contributed by atoms with Crippen molar-refractivity contribution in [1.82, 2.24) is 20.4 Å². The van der Waals surface area contributed by atoms with Crippen molar-refractivity contribution < 1.29 is 9.18 Å². The zero-order valence-electron chi connectivity index (χ0n) is 15.8. The molecule has 6 nitrogen and oxygen atoms in total. The summed E-state index contributed by atoms with van der Waals surface area (Å²) in [4.78, 5) is 12.3. The number of amides is 2. The van der Waals surface area contributed by atoms with Gasteiger partial charge in [-0.25, -0.2) is 13.9 Å². The molecule has 1 aromatic heterocycles. The number of urea groups is 1. The van der Waals surface area contributed by atoms with Crippen molar-refractivity contribution in [1.29, 1.82) is 0 Å². The largest absolute Gasteiger partial charge is 0.336 e. The summed E-state index contributed by atoms with van der Waals surface area (Å²) in [5.41, 5.74) is 1.61. The molecular formula is C19H27ClFN5O. The van der Waals surface area contributed by atoms with Crippen molar-refractivity contribution in [3.05, 3.63) is 42.1 Å². The van der Waals surface area contributed by atoms with Gasteiger partial charge in [-0.15, -0.1) is 12.4 Å². The van der Waals surface area contributed by atoms with Crippen LogP contribution in [0.15, 0.2) is 36.4 Å². The van der Waals surface area contributed by atoms with Gasteiger partial charge in [0.05, 0.1) is 11.4 Å². The van der Waals surface area contributed by atoms with Crippen LogP contribution in [0.3, 0.4) is 0 Å². The van der Waals surface area contributed by atoms with Gasteiger partial charge < -0.3 is 10.6 Å². The maximum atomic E-state index is 13.2. The molecule has 8 heteroatoms. The number of hydrogen-bond donors (Lipinski definition) is 3. The van der Waals surface area contributed by atoms with E-state index in [4.69, 9.17) is 0 Å². The Kier molecular flexibility index (Phi) is 6.84. The summed E-state index contributed by atoms with van der Waals surface area (Å²) in [5.74, 6) is 0.598. The molecule has 1 aliphatic heterocycles. The molecule has 1 saturated heterocycles. The summed E-state index contributed by atoms with van der Waals surface area (Å²) in [6, 6.07) is 11.2. The third-order valence-electron chi connectivity index (χ3n) is 4.40. The molecule has 0 spiro atoms. The number of aromatic nitrogens is 2. The molecule has 148 valence electrons. The van der Waals surface area contributed by atoms with Crippen LogP contribution in [0.1, 0.15) is 32.9 Å². The van der Waals surface area contributed by atoms with Crippen molar-refractivity contribution >= 4 is 24.3 Å². The summed E-state index contributed by atoms with van der Waals surface area (Å²) >= 11 is 0. The van der Waals surface area contributed by atoms with Crippen molar-refractivity contribution in [2.75, 3.05) is 18.4 Å². The molecule has 1 fully saturated rings. The fourth-order valence-corrected chi connectivity index (χ4v) is 2.90. The number of carbonyl (C=O) groups excluding carboxylic acids is 1. The third kappa shape index (κ3) is 5.43. The second-order valence-electron chi connectivity index (χ2n) is 7.69. The Hall–Kier alpha value is -2.12. The summed E-state index contributed by atoms with van der Waals surface area (Å²) < 4.78 is 14.9. The Bertz CT molecular complexity index is 759. The molecule has 0 radical (unpaired) electrons. The van der Waals surface area contributed by atoms with E-state index < -0.39 is 6.17 Å². The van der Waals surface area contributed by atoms with E-state index in [1.54, 1.807) is 4.68 Å². The Balaban J connectivity index is 0.00000261. The molecule has 2 aromatic rings. The Labute approximate surface area is 165 Å². The van der Waals surface area contributed by atoms with Gasteiger partial charge in [-0.3, -0.25) is 5.32 Å². The maximum Gasteiger partial charge on any atom is 0.320 e. The topological polar surface area (TPSA) is 71.0 Å². The first-order valence-electron chi connectivity index (χ1n) is 8.91. The second kappa shape index (κ2) is 8.71. The molecule has 0 aliphatic carbocycles. The van der Waals surface area contributed by atoms with Crippen LogP contribution in [-0.2, 0) is 5.41 Å². The lowest BCUT2D eigenvalue weighted by Crippen LogP contribution is -2.39. The van der Waals surface area contributed by atoms with Crippen LogP contribution in [0.2, 0.25) is 0 Å². The number of benzene rings is 1. The molecule has 2 heterocycles. The molecular weight excluding hydrogens is 369 g/mol. The number of halogens is 2. The van der Waals surface area contributed by atoms with Crippen molar-refractivity contribution in [2.24, 2.45) is 0 Å². The molecule has 2 amide bonds. The van der Waals surface area contributed by atoms with Crippen LogP contribution in [0.25, 0.3) is 5.69 Å². The van der Waals surface area contributed by atoms with Gasteiger partial charge in [0.25, 0.3) is 0 Å². The lowest BCUT2D eigenvalue weighted by Gasteiger charge is -2.14. The summed E-state index contributed by atoms with van der Waals surface area (Å²) in [6.07, 6.45) is -0.408. The average molecular weight is 396 g/mol. The molecule has 1 aromatic carbocycles. The van der Waals surface area contributed by atoms with E-state index in [1.165, 1.54) is 0 Å². The van der Waals surface area contributed by atoms with Gasteiger partial charge in [0.1, 0.15) is 12.0 Å². The smallest absolute Gasteiger partial charge is 0.320 e. The predicted octanol–water partition coefficient (Wildman–Crippen LogP) is 3.41. The highest BCUT2D eigenvalue weighted by Gasteiger charge is 2.24. The fraction of sp³-hybridized carbons (Fsp3) is 0.474. The van der Waals surface area contributed by atoms with E-state index in [-0.39, 0.29) is 29.9 Å². The summed E-state index contributed by atoms with van der Waals surface area (Å²) in [7, 11) is 0. The van der Waals surface area contributed by atoms with Crippen molar-refractivity contribution in [3.63, 3.8) is 0 Å². The average Bonchev–Trinajstić information content (AvgIpc) is 3.20. The monoisotopic (exact) mass is 395 g/mol. The normalized spacial score (nSPS) is 19.4. The minimum absolute atomic E-state index is 0. The number of anilines is 1. The van der Waals surface area contributed by atoms with E-state index in [0.717, 1.165) is 11.4 Å². The highest BCUT2D eigenvalue weighted by atomic mass is 35.5. The number of hydrogen-bond acceptors (Lipinski definition) is 3. The van der Waals surface area contributed by atoms with Gasteiger partial charge in [0.2, 0.25) is 0 Å². The molecule has 1 aliphatic rings. The second-order valence-corrected chi connectivity index (χ2v) is 7.69. The number of nitrogens with one attached hydrogen (secondary N) is 3. The number of carbonyl (C=O) groups is 1. The van der Waals surface area contributed by atoms with Gasteiger partial charge in [0.15, 0.2) is 0 Å². The highest BCUT2D eigenvalue weighted by molar-refractivity contribution is 5.88. The number of para-hydroxylation sites is 1. The minimum atomic E-state index is -0.835. The van der Waals surface area contributed by atoms with Gasteiger partial charge in [0, 0.05) is 30.6 Å². The third-order valence-corrected chi connectivity index (χ3v) is 4.40. The Morgan fingerprint density at radius 1 is 1.33 bits per heavy atom. The van der Waals surface area contributed by atoms with Crippen LogP contribution in [0.4, 0.5) is 15.0 Å². The lowest BCUT2D eigenvalue weighted by molar-refractivity contribution is 0.250. The standard InChI is InChI=1S/C19H26FN5O.ClH/c1-19(2,3)16-10-17(25(24-16)15-7-5-4-6-8-15)23-18(26)22-12-14-9-13(20)11-21-14;/h4-8,10,13-14,21H,9,11-12H2,1-3H3,(H2,22,23,26);1H/t13-,14-;/m0./s1. The van der Waals surface area contributed by atoms with Crippen LogP contribution >= 0.6 is 12.4 Å². The molecule has 3 rings (SSSR count). The van der Waals surface area contributed by atoms with E-state index in [9.17, 15) is 9.18 Å². The molecule has 3 N–H and O–H groups in total. The maximum absolute atomic E-state index is 13.2. The van der Waals surface area contributed by atoms with Gasteiger partial charge in [-0.05, 0) is 18.6 Å². The molecule has 0 bridgehead atoms. The Morgan fingerprint density at radius 2 is 2.04 bits per heavy atom. The first-order valence-corrected chi connectivity index (χ1v) is 8.91. The van der Waals surface area contributed by atoms with Crippen molar-refractivity contribution in [2.45, 2.75) is 44.8 Å². The molecule has 2 atom stereocenters. The zero-order chi connectivity index (χ0) is 18.7. The van der Waals surface area contributed by atoms with Gasteiger partial charge in [-0.1, -0.05) is 39.0 Å². The van der Waals surface area contributed by atoms with E-state index in [2.05, 4.69) is 41.8 Å². The molecule has 0 unspecified atom stereocenters. The predicted molar refractivity (Wildman–Crippen MR) is 108 cm³/mol. The lowest BCUT2D eigenvalue weighted by atomic mass is 9.92. The Morgan fingerprint density at radius 3 is 2.63 bits per heavy atom. The van der Waals surface area contributed by atoms with Gasteiger partial charge in [-0.2, -0.15) is 5.10 Å². The van der Waals surface area contributed by atoms with E-state index in [0.29, 0.717) is 25.3 Å². The van der Waals surface area contributed by atoms with Crippen LogP contribution in [0, 0.1) is 0 Å². The number of nitrogens with zero attached hydrogens (tertiary/aromatic N) is 2. The van der Waals surface area contributed by atoms with Crippen LogP contribution < -0.4 is 16.0 Å². The summed E-state index contributed by atoms with van der Waals surface area (Å²) in [5, 5.41) is 13.4. The summed E-state index contributed by atoms with van der Waals surface area (Å²) in [6.45, 7) is 6.97.